The van der Waals surface area contributed by atoms with Crippen molar-refractivity contribution in [3.63, 3.8) is 0 Å². The number of aryl methyl sites for hydroxylation is 1. The summed E-state index contributed by atoms with van der Waals surface area (Å²) in [6.45, 7) is 2.32. The Kier molecular flexibility index (Phi) is 9.31. The minimum absolute atomic E-state index is 0.228. The highest BCUT2D eigenvalue weighted by Crippen LogP contribution is 2.39. The standard InChI is InChI=1S/C28H26BrCl2N3O4/c1-4-5-6-26-33-23-10-8-19(29)14-20(23)28(35)34(26)32-15-18-12-24(36-2)27(25(13-18)37-3)38-16-17-7-9-21(30)22(31)11-17/h7-15H,4-6,16H2,1-3H3. The second-order valence-corrected chi connectivity index (χ2v) is 10.2. The first-order valence-electron chi connectivity index (χ1n) is 11.9. The maximum absolute atomic E-state index is 13.4. The average Bonchev–Trinajstić information content (AvgIpc) is 2.92. The first-order chi connectivity index (χ1) is 18.3. The third kappa shape index (κ3) is 6.31. The van der Waals surface area contributed by atoms with E-state index < -0.39 is 0 Å². The lowest BCUT2D eigenvalue weighted by atomic mass is 10.2. The molecule has 0 N–H and O–H groups in total. The number of aromatic nitrogens is 2. The number of fused-ring (bicyclic) bond motifs is 1. The Bertz CT molecular complexity index is 1530. The Hall–Kier alpha value is -3.07. The van der Waals surface area contributed by atoms with Gasteiger partial charge in [-0.25, -0.2) is 4.98 Å². The molecule has 4 rings (SSSR count). The van der Waals surface area contributed by atoms with Crippen molar-refractivity contribution in [2.75, 3.05) is 14.2 Å². The van der Waals surface area contributed by atoms with E-state index in [0.717, 1.165) is 22.9 Å². The van der Waals surface area contributed by atoms with Gasteiger partial charge in [0.15, 0.2) is 11.5 Å². The van der Waals surface area contributed by atoms with Crippen LogP contribution in [0, 0.1) is 0 Å². The lowest BCUT2D eigenvalue weighted by molar-refractivity contribution is 0.266. The Morgan fingerprint density at radius 2 is 1.76 bits per heavy atom. The summed E-state index contributed by atoms with van der Waals surface area (Å²) in [4.78, 5) is 18.1. The molecule has 198 valence electrons. The van der Waals surface area contributed by atoms with E-state index in [-0.39, 0.29) is 12.2 Å². The monoisotopic (exact) mass is 617 g/mol. The van der Waals surface area contributed by atoms with Crippen molar-refractivity contribution < 1.29 is 14.2 Å². The largest absolute Gasteiger partial charge is 0.493 e. The summed E-state index contributed by atoms with van der Waals surface area (Å²) >= 11 is 15.6. The number of nitrogens with zero attached hydrogens (tertiary/aromatic N) is 3. The van der Waals surface area contributed by atoms with Gasteiger partial charge in [0.25, 0.3) is 5.56 Å². The van der Waals surface area contributed by atoms with Crippen LogP contribution in [0.15, 0.2) is 62.9 Å². The van der Waals surface area contributed by atoms with E-state index in [1.165, 1.54) is 4.68 Å². The highest BCUT2D eigenvalue weighted by Gasteiger charge is 2.15. The van der Waals surface area contributed by atoms with Gasteiger partial charge < -0.3 is 14.2 Å². The minimum Gasteiger partial charge on any atom is -0.493 e. The van der Waals surface area contributed by atoms with Crippen molar-refractivity contribution in [3.8, 4) is 17.2 Å². The molecule has 0 saturated carbocycles. The van der Waals surface area contributed by atoms with Crippen molar-refractivity contribution in [2.45, 2.75) is 32.8 Å². The third-order valence-electron chi connectivity index (χ3n) is 5.80. The number of hydrogen-bond donors (Lipinski definition) is 0. The number of ether oxygens (including phenoxy) is 3. The van der Waals surface area contributed by atoms with E-state index in [1.807, 2.05) is 18.2 Å². The molecular formula is C28H26BrCl2N3O4. The highest BCUT2D eigenvalue weighted by atomic mass is 79.9. The summed E-state index contributed by atoms with van der Waals surface area (Å²) in [6, 6.07) is 14.3. The summed E-state index contributed by atoms with van der Waals surface area (Å²) in [5.41, 5.74) is 1.90. The van der Waals surface area contributed by atoms with Crippen molar-refractivity contribution in [2.24, 2.45) is 5.10 Å². The van der Waals surface area contributed by atoms with Gasteiger partial charge in [0.1, 0.15) is 12.4 Å². The van der Waals surface area contributed by atoms with Gasteiger partial charge in [-0.2, -0.15) is 9.78 Å². The molecule has 1 aromatic heterocycles. The molecular weight excluding hydrogens is 593 g/mol. The van der Waals surface area contributed by atoms with Crippen molar-refractivity contribution >= 4 is 56.2 Å². The number of hydrogen-bond acceptors (Lipinski definition) is 6. The van der Waals surface area contributed by atoms with Gasteiger partial charge in [0.05, 0.1) is 41.4 Å². The van der Waals surface area contributed by atoms with E-state index in [0.29, 0.717) is 56.0 Å². The predicted octanol–water partition coefficient (Wildman–Crippen LogP) is 7.29. The molecule has 10 heteroatoms. The van der Waals surface area contributed by atoms with Crippen LogP contribution in [0.2, 0.25) is 10.0 Å². The Morgan fingerprint density at radius 1 is 1.03 bits per heavy atom. The van der Waals surface area contributed by atoms with Crippen LogP contribution in [0.3, 0.4) is 0 Å². The first kappa shape index (κ1) is 28.0. The molecule has 0 fully saturated rings. The molecule has 1 heterocycles. The zero-order valence-corrected chi connectivity index (χ0v) is 24.2. The van der Waals surface area contributed by atoms with Crippen LogP contribution < -0.4 is 19.8 Å². The molecule has 7 nitrogen and oxygen atoms in total. The molecule has 0 spiro atoms. The number of rotatable bonds is 10. The second-order valence-electron chi connectivity index (χ2n) is 8.45. The molecule has 3 aromatic carbocycles. The van der Waals surface area contributed by atoms with Crippen LogP contribution >= 0.6 is 39.1 Å². The minimum atomic E-state index is -0.237. The van der Waals surface area contributed by atoms with Crippen LogP contribution in [0.5, 0.6) is 17.2 Å². The van der Waals surface area contributed by atoms with Gasteiger partial charge in [-0.05, 0) is 54.4 Å². The number of methoxy groups -OCH3 is 2. The van der Waals surface area contributed by atoms with E-state index in [9.17, 15) is 4.79 Å². The lowest BCUT2D eigenvalue weighted by Crippen LogP contribution is -2.22. The maximum Gasteiger partial charge on any atom is 0.282 e. The number of unbranched alkanes of at least 4 members (excludes halogenated alkanes) is 1. The van der Waals surface area contributed by atoms with Gasteiger partial charge in [-0.15, -0.1) is 0 Å². The van der Waals surface area contributed by atoms with Gasteiger partial charge >= 0.3 is 0 Å². The number of halogens is 3. The molecule has 0 aliphatic carbocycles. The SMILES string of the molecule is CCCCc1nc2ccc(Br)cc2c(=O)n1N=Cc1cc(OC)c(OCc2ccc(Cl)c(Cl)c2)c(OC)c1. The molecule has 38 heavy (non-hydrogen) atoms. The van der Waals surface area contributed by atoms with Crippen LogP contribution in [-0.2, 0) is 13.0 Å². The fourth-order valence-electron chi connectivity index (χ4n) is 3.84. The molecule has 0 aliphatic rings. The summed E-state index contributed by atoms with van der Waals surface area (Å²) in [6.07, 6.45) is 4.06. The zero-order valence-electron chi connectivity index (χ0n) is 21.1. The van der Waals surface area contributed by atoms with Gasteiger partial charge in [0, 0.05) is 16.5 Å². The third-order valence-corrected chi connectivity index (χ3v) is 7.03. The average molecular weight is 619 g/mol. The molecule has 0 unspecified atom stereocenters. The molecule has 4 aromatic rings. The summed E-state index contributed by atoms with van der Waals surface area (Å²) in [5.74, 6) is 1.93. The molecule has 0 radical (unpaired) electrons. The topological polar surface area (TPSA) is 74.9 Å². The summed E-state index contributed by atoms with van der Waals surface area (Å²) in [7, 11) is 3.08. The molecule has 0 amide bonds. The van der Waals surface area contributed by atoms with Crippen LogP contribution in [0.1, 0.15) is 36.7 Å². The Morgan fingerprint density at radius 3 is 2.42 bits per heavy atom. The van der Waals surface area contributed by atoms with Crippen molar-refractivity contribution in [1.82, 2.24) is 9.66 Å². The van der Waals surface area contributed by atoms with Crippen LogP contribution in [0.4, 0.5) is 0 Å². The first-order valence-corrected chi connectivity index (χ1v) is 13.5. The quantitative estimate of drug-likeness (QED) is 0.175. The van der Waals surface area contributed by atoms with E-state index in [1.54, 1.807) is 50.8 Å². The van der Waals surface area contributed by atoms with Crippen molar-refractivity contribution in [1.29, 1.82) is 0 Å². The van der Waals surface area contributed by atoms with Crippen molar-refractivity contribution in [3.05, 3.63) is 90.4 Å². The second kappa shape index (κ2) is 12.7. The van der Waals surface area contributed by atoms with Gasteiger partial charge in [-0.1, -0.05) is 58.5 Å². The smallest absolute Gasteiger partial charge is 0.282 e. The highest BCUT2D eigenvalue weighted by molar-refractivity contribution is 9.10. The van der Waals surface area contributed by atoms with E-state index in [2.05, 4.69) is 28.0 Å². The summed E-state index contributed by atoms with van der Waals surface area (Å²) in [5, 5.41) is 5.93. The predicted molar refractivity (Wildman–Crippen MR) is 156 cm³/mol. The van der Waals surface area contributed by atoms with E-state index >= 15 is 0 Å². The molecule has 0 saturated heterocycles. The molecule has 0 atom stereocenters. The van der Waals surface area contributed by atoms with Gasteiger partial charge in [0.2, 0.25) is 5.75 Å². The lowest BCUT2D eigenvalue weighted by Gasteiger charge is -2.15. The van der Waals surface area contributed by atoms with Crippen LogP contribution in [0.25, 0.3) is 10.9 Å². The zero-order chi connectivity index (χ0) is 27.2. The Balaban J connectivity index is 1.69. The maximum atomic E-state index is 13.4. The summed E-state index contributed by atoms with van der Waals surface area (Å²) < 4.78 is 19.3. The van der Waals surface area contributed by atoms with E-state index in [4.69, 9.17) is 42.4 Å². The fourth-order valence-corrected chi connectivity index (χ4v) is 4.52. The fraction of sp³-hybridized carbons (Fsp3) is 0.250. The molecule has 0 aliphatic heterocycles. The Labute approximate surface area is 239 Å². The molecule has 0 bridgehead atoms. The van der Waals surface area contributed by atoms with Crippen LogP contribution in [-0.4, -0.2) is 30.1 Å². The normalized spacial score (nSPS) is 11.3. The number of benzene rings is 3. The van der Waals surface area contributed by atoms with Gasteiger partial charge in [-0.3, -0.25) is 4.79 Å².